The van der Waals surface area contributed by atoms with Gasteiger partial charge in [0.05, 0.1) is 16.1 Å². The summed E-state index contributed by atoms with van der Waals surface area (Å²) in [7, 11) is 0. The van der Waals surface area contributed by atoms with E-state index in [0.717, 1.165) is 10.0 Å². The van der Waals surface area contributed by atoms with Gasteiger partial charge >= 0.3 is 0 Å². The van der Waals surface area contributed by atoms with Gasteiger partial charge in [-0.05, 0) is 52.7 Å². The van der Waals surface area contributed by atoms with E-state index < -0.39 is 6.10 Å². The first-order chi connectivity index (χ1) is 9.11. The summed E-state index contributed by atoms with van der Waals surface area (Å²) in [6.45, 7) is 1.70. The van der Waals surface area contributed by atoms with Gasteiger partial charge in [0.15, 0.2) is 0 Å². The Labute approximate surface area is 120 Å². The molecule has 0 heterocycles. The summed E-state index contributed by atoms with van der Waals surface area (Å²) in [4.78, 5) is 0. The fourth-order valence-corrected chi connectivity index (χ4v) is 2.10. The van der Waals surface area contributed by atoms with E-state index in [1.54, 1.807) is 43.3 Å². The number of para-hydroxylation sites is 1. The second-order valence-electron chi connectivity index (χ2n) is 4.08. The van der Waals surface area contributed by atoms with E-state index in [4.69, 9.17) is 10.00 Å². The van der Waals surface area contributed by atoms with Crippen molar-refractivity contribution >= 4 is 15.9 Å². The van der Waals surface area contributed by atoms with Crippen LogP contribution in [-0.2, 0) is 0 Å². The summed E-state index contributed by atoms with van der Waals surface area (Å²) in [5.74, 6) is 1.11. The van der Waals surface area contributed by atoms with E-state index in [1.807, 2.05) is 6.07 Å². The lowest BCUT2D eigenvalue weighted by atomic mass is 10.1. The lowest BCUT2D eigenvalue weighted by Gasteiger charge is -2.11. The summed E-state index contributed by atoms with van der Waals surface area (Å²) in [5, 5.41) is 18.5. The molecule has 96 valence electrons. The Morgan fingerprint density at radius 1 is 1.21 bits per heavy atom. The maximum absolute atomic E-state index is 9.51. The highest BCUT2D eigenvalue weighted by Crippen LogP contribution is 2.33. The van der Waals surface area contributed by atoms with Gasteiger partial charge in [-0.3, -0.25) is 0 Å². The molecule has 0 radical (unpaired) electrons. The number of hydrogen-bond acceptors (Lipinski definition) is 3. The molecule has 0 fully saturated rings. The number of aliphatic hydroxyl groups is 1. The largest absolute Gasteiger partial charge is 0.455 e. The number of rotatable bonds is 3. The number of hydrogen-bond donors (Lipinski definition) is 1. The van der Waals surface area contributed by atoms with Crippen molar-refractivity contribution in [2.45, 2.75) is 13.0 Å². The molecule has 0 saturated heterocycles. The van der Waals surface area contributed by atoms with Crippen LogP contribution in [0.15, 0.2) is 46.9 Å². The molecule has 1 atom stereocenters. The van der Waals surface area contributed by atoms with Gasteiger partial charge in [0.1, 0.15) is 17.6 Å². The highest BCUT2D eigenvalue weighted by molar-refractivity contribution is 9.10. The van der Waals surface area contributed by atoms with Crippen molar-refractivity contribution in [2.24, 2.45) is 0 Å². The van der Waals surface area contributed by atoms with Crippen molar-refractivity contribution in [3.05, 3.63) is 58.1 Å². The molecule has 0 spiro atoms. The molecular formula is C15H12BrNO2. The molecule has 0 aliphatic carbocycles. The minimum absolute atomic E-state index is 0.481. The van der Waals surface area contributed by atoms with Crippen LogP contribution in [0.25, 0.3) is 0 Å². The minimum Gasteiger partial charge on any atom is -0.455 e. The lowest BCUT2D eigenvalue weighted by Crippen LogP contribution is -1.93. The van der Waals surface area contributed by atoms with Gasteiger partial charge in [0.2, 0.25) is 0 Å². The zero-order valence-electron chi connectivity index (χ0n) is 10.3. The molecule has 19 heavy (non-hydrogen) atoms. The zero-order chi connectivity index (χ0) is 13.8. The molecule has 0 bridgehead atoms. The predicted octanol–water partition coefficient (Wildman–Crippen LogP) is 4.17. The SMILES string of the molecule is C[C@@H](O)c1ccc(Oc2ccccc2C#N)c(Br)c1. The molecule has 0 aliphatic heterocycles. The van der Waals surface area contributed by atoms with Crippen LogP contribution in [0.4, 0.5) is 0 Å². The summed E-state index contributed by atoms with van der Waals surface area (Å²) < 4.78 is 6.45. The summed E-state index contributed by atoms with van der Waals surface area (Å²) in [5.41, 5.74) is 1.28. The van der Waals surface area contributed by atoms with Crippen molar-refractivity contribution < 1.29 is 9.84 Å². The Morgan fingerprint density at radius 2 is 1.95 bits per heavy atom. The Morgan fingerprint density at radius 3 is 2.58 bits per heavy atom. The lowest BCUT2D eigenvalue weighted by molar-refractivity contribution is 0.199. The van der Waals surface area contributed by atoms with Gasteiger partial charge in [-0.15, -0.1) is 0 Å². The van der Waals surface area contributed by atoms with E-state index in [9.17, 15) is 5.11 Å². The van der Waals surface area contributed by atoms with Crippen molar-refractivity contribution in [1.29, 1.82) is 5.26 Å². The molecule has 0 amide bonds. The third-order valence-electron chi connectivity index (χ3n) is 2.67. The van der Waals surface area contributed by atoms with Gasteiger partial charge in [0.25, 0.3) is 0 Å². The average molecular weight is 318 g/mol. The molecule has 2 rings (SSSR count). The zero-order valence-corrected chi connectivity index (χ0v) is 11.9. The van der Waals surface area contributed by atoms with Crippen molar-refractivity contribution in [2.75, 3.05) is 0 Å². The van der Waals surface area contributed by atoms with Crippen LogP contribution in [0.1, 0.15) is 24.2 Å². The first-order valence-electron chi connectivity index (χ1n) is 5.76. The highest BCUT2D eigenvalue weighted by atomic mass is 79.9. The Kier molecular flexibility index (Phi) is 4.20. The van der Waals surface area contributed by atoms with E-state index >= 15 is 0 Å². The maximum Gasteiger partial charge on any atom is 0.145 e. The monoisotopic (exact) mass is 317 g/mol. The van der Waals surface area contributed by atoms with Gasteiger partial charge < -0.3 is 9.84 Å². The topological polar surface area (TPSA) is 53.2 Å². The van der Waals surface area contributed by atoms with Crippen molar-refractivity contribution in [3.63, 3.8) is 0 Å². The number of benzene rings is 2. The smallest absolute Gasteiger partial charge is 0.145 e. The molecule has 2 aromatic rings. The van der Waals surface area contributed by atoms with Crippen LogP contribution in [0.5, 0.6) is 11.5 Å². The Balaban J connectivity index is 2.32. The quantitative estimate of drug-likeness (QED) is 0.924. The van der Waals surface area contributed by atoms with Crippen molar-refractivity contribution in [3.8, 4) is 17.6 Å². The minimum atomic E-state index is -0.531. The average Bonchev–Trinajstić information content (AvgIpc) is 2.41. The summed E-state index contributed by atoms with van der Waals surface area (Å²) in [6.07, 6.45) is -0.531. The van der Waals surface area contributed by atoms with Crippen LogP contribution < -0.4 is 4.74 Å². The molecule has 0 aromatic heterocycles. The van der Waals surface area contributed by atoms with Crippen molar-refractivity contribution in [1.82, 2.24) is 0 Å². The fourth-order valence-electron chi connectivity index (χ4n) is 1.63. The van der Waals surface area contributed by atoms with E-state index in [1.165, 1.54) is 0 Å². The third kappa shape index (κ3) is 3.14. The molecule has 4 heteroatoms. The van der Waals surface area contributed by atoms with E-state index in [-0.39, 0.29) is 0 Å². The van der Waals surface area contributed by atoms with Crippen LogP contribution in [0.3, 0.4) is 0 Å². The van der Waals surface area contributed by atoms with Gasteiger partial charge in [-0.2, -0.15) is 5.26 Å². The van der Waals surface area contributed by atoms with Crippen LogP contribution in [0.2, 0.25) is 0 Å². The maximum atomic E-state index is 9.51. The normalized spacial score (nSPS) is 11.7. The van der Waals surface area contributed by atoms with Gasteiger partial charge in [-0.25, -0.2) is 0 Å². The fraction of sp³-hybridized carbons (Fsp3) is 0.133. The van der Waals surface area contributed by atoms with Gasteiger partial charge in [-0.1, -0.05) is 18.2 Å². The third-order valence-corrected chi connectivity index (χ3v) is 3.29. The molecule has 3 nitrogen and oxygen atoms in total. The first kappa shape index (κ1) is 13.6. The first-order valence-corrected chi connectivity index (χ1v) is 6.55. The number of nitrogens with zero attached hydrogens (tertiary/aromatic N) is 1. The summed E-state index contributed by atoms with van der Waals surface area (Å²) in [6, 6.07) is 14.5. The number of ether oxygens (including phenoxy) is 1. The molecule has 0 unspecified atom stereocenters. The summed E-state index contributed by atoms with van der Waals surface area (Å²) >= 11 is 3.40. The standard InChI is InChI=1S/C15H12BrNO2/c1-10(18)11-6-7-15(13(16)8-11)19-14-5-3-2-4-12(14)9-17/h2-8,10,18H,1H3/t10-/m1/s1. The Hall–Kier alpha value is -1.83. The number of nitriles is 1. The predicted molar refractivity (Wildman–Crippen MR) is 76.0 cm³/mol. The highest BCUT2D eigenvalue weighted by Gasteiger charge is 2.09. The number of aliphatic hydroxyl groups excluding tert-OH is 1. The van der Waals surface area contributed by atoms with Crippen LogP contribution in [0, 0.1) is 11.3 Å². The van der Waals surface area contributed by atoms with E-state index in [0.29, 0.717) is 17.1 Å². The molecule has 0 saturated carbocycles. The van der Waals surface area contributed by atoms with E-state index in [2.05, 4.69) is 22.0 Å². The molecular weight excluding hydrogens is 306 g/mol. The Bertz CT molecular complexity index is 632. The van der Waals surface area contributed by atoms with Crippen LogP contribution >= 0.6 is 15.9 Å². The number of halogens is 1. The van der Waals surface area contributed by atoms with Crippen LogP contribution in [-0.4, -0.2) is 5.11 Å². The molecule has 0 aliphatic rings. The second-order valence-corrected chi connectivity index (χ2v) is 4.93. The second kappa shape index (κ2) is 5.87. The van der Waals surface area contributed by atoms with Gasteiger partial charge in [0, 0.05) is 0 Å². The molecule has 1 N–H and O–H groups in total. The molecule has 2 aromatic carbocycles.